The summed E-state index contributed by atoms with van der Waals surface area (Å²) in [6.07, 6.45) is 0.647. The highest BCUT2D eigenvalue weighted by molar-refractivity contribution is 5.74. The molecule has 2 aromatic rings. The van der Waals surface area contributed by atoms with E-state index < -0.39 is 6.10 Å². The Morgan fingerprint density at radius 3 is 2.75 bits per heavy atom. The second-order valence-electron chi connectivity index (χ2n) is 5.84. The Morgan fingerprint density at radius 1 is 1.17 bits per heavy atom. The molecule has 2 unspecified atom stereocenters. The van der Waals surface area contributed by atoms with Crippen LogP contribution in [-0.4, -0.2) is 24.3 Å². The van der Waals surface area contributed by atoms with Crippen LogP contribution in [0.15, 0.2) is 54.6 Å². The van der Waals surface area contributed by atoms with Crippen LogP contribution in [0, 0.1) is 0 Å². The van der Waals surface area contributed by atoms with Crippen LogP contribution >= 0.6 is 0 Å². The van der Waals surface area contributed by atoms with Gasteiger partial charge in [-0.15, -0.1) is 0 Å². The van der Waals surface area contributed by atoms with Crippen LogP contribution in [0.4, 0.5) is 4.79 Å². The van der Waals surface area contributed by atoms with Crippen molar-refractivity contribution in [1.82, 2.24) is 10.6 Å². The molecular weight excluding hydrogens is 304 g/mol. The molecule has 0 saturated carbocycles. The Morgan fingerprint density at radius 2 is 1.92 bits per heavy atom. The number of hydrogen-bond acceptors (Lipinski definition) is 3. The van der Waals surface area contributed by atoms with Crippen LogP contribution in [-0.2, 0) is 0 Å². The molecule has 5 nitrogen and oxygen atoms in total. The van der Waals surface area contributed by atoms with Gasteiger partial charge in [0.2, 0.25) is 0 Å². The molecule has 0 spiro atoms. The van der Waals surface area contributed by atoms with Crippen LogP contribution < -0.4 is 15.4 Å². The van der Waals surface area contributed by atoms with Crippen molar-refractivity contribution in [3.8, 4) is 5.75 Å². The van der Waals surface area contributed by atoms with E-state index in [1.165, 1.54) is 0 Å². The van der Waals surface area contributed by atoms with Crippen molar-refractivity contribution in [2.45, 2.75) is 25.0 Å². The molecule has 2 aromatic carbocycles. The van der Waals surface area contributed by atoms with Crippen molar-refractivity contribution in [3.05, 3.63) is 65.7 Å². The number of urea groups is 1. The number of fused-ring (bicyclic) bond motifs is 1. The van der Waals surface area contributed by atoms with Gasteiger partial charge in [-0.1, -0.05) is 48.5 Å². The number of benzene rings is 2. The molecule has 0 aromatic heterocycles. The van der Waals surface area contributed by atoms with Gasteiger partial charge in [-0.3, -0.25) is 0 Å². The second-order valence-corrected chi connectivity index (χ2v) is 5.84. The van der Waals surface area contributed by atoms with Crippen molar-refractivity contribution in [2.75, 3.05) is 13.2 Å². The normalized spacial score (nSPS) is 17.3. The molecule has 2 amide bonds. The average molecular weight is 326 g/mol. The number of carbonyl (C=O) groups excluding carboxylic acids is 1. The maximum absolute atomic E-state index is 12.1. The van der Waals surface area contributed by atoms with E-state index in [-0.39, 0.29) is 12.1 Å². The van der Waals surface area contributed by atoms with Crippen LogP contribution in [0.2, 0.25) is 0 Å². The average Bonchev–Trinajstić information content (AvgIpc) is 2.63. The summed E-state index contributed by atoms with van der Waals surface area (Å²) >= 11 is 0. The second kappa shape index (κ2) is 7.84. The number of carbonyl (C=O) groups is 1. The summed E-state index contributed by atoms with van der Waals surface area (Å²) in [6.45, 7) is 1.00. The van der Waals surface area contributed by atoms with Gasteiger partial charge < -0.3 is 20.5 Å². The Balaban J connectivity index is 1.47. The maximum atomic E-state index is 12.1. The molecule has 24 heavy (non-hydrogen) atoms. The zero-order valence-corrected chi connectivity index (χ0v) is 13.4. The van der Waals surface area contributed by atoms with Gasteiger partial charge in [0.1, 0.15) is 5.75 Å². The van der Waals surface area contributed by atoms with E-state index >= 15 is 0 Å². The third-order valence-corrected chi connectivity index (χ3v) is 4.15. The monoisotopic (exact) mass is 326 g/mol. The summed E-state index contributed by atoms with van der Waals surface area (Å²) in [5.74, 6) is 0.827. The van der Waals surface area contributed by atoms with Crippen molar-refractivity contribution >= 4 is 6.03 Å². The topological polar surface area (TPSA) is 70.6 Å². The third kappa shape index (κ3) is 4.06. The molecule has 1 aliphatic rings. The highest BCUT2D eigenvalue weighted by Crippen LogP contribution is 2.31. The predicted octanol–water partition coefficient (Wildman–Crippen LogP) is 2.93. The SMILES string of the molecule is O=C(NCCC(O)c1ccccc1)NC1CCOc2ccccc21. The minimum Gasteiger partial charge on any atom is -0.493 e. The molecule has 126 valence electrons. The first-order valence-corrected chi connectivity index (χ1v) is 8.23. The van der Waals surface area contributed by atoms with Crippen LogP contribution in [0.1, 0.15) is 36.1 Å². The Bertz CT molecular complexity index is 675. The first-order valence-electron chi connectivity index (χ1n) is 8.23. The minimum atomic E-state index is -0.574. The molecule has 3 N–H and O–H groups in total. The van der Waals surface area contributed by atoms with Gasteiger partial charge in [0.05, 0.1) is 18.8 Å². The fraction of sp³-hybridized carbons (Fsp3) is 0.316. The third-order valence-electron chi connectivity index (χ3n) is 4.15. The van der Waals surface area contributed by atoms with Gasteiger partial charge >= 0.3 is 6.03 Å². The fourth-order valence-corrected chi connectivity index (χ4v) is 2.87. The fourth-order valence-electron chi connectivity index (χ4n) is 2.87. The molecule has 3 rings (SSSR count). The summed E-state index contributed by atoms with van der Waals surface area (Å²) < 4.78 is 5.59. The molecular formula is C19H22N2O3. The smallest absolute Gasteiger partial charge is 0.315 e. The number of aliphatic hydroxyl groups excluding tert-OH is 1. The van der Waals surface area contributed by atoms with E-state index in [2.05, 4.69) is 10.6 Å². The van der Waals surface area contributed by atoms with E-state index in [0.717, 1.165) is 23.3 Å². The number of nitrogens with one attached hydrogen (secondary N) is 2. The van der Waals surface area contributed by atoms with Gasteiger partial charge in [-0.2, -0.15) is 0 Å². The molecule has 2 atom stereocenters. The highest BCUT2D eigenvalue weighted by Gasteiger charge is 2.22. The molecule has 0 saturated heterocycles. The van der Waals surface area contributed by atoms with E-state index in [1.54, 1.807) is 0 Å². The lowest BCUT2D eigenvalue weighted by molar-refractivity contribution is 0.166. The largest absolute Gasteiger partial charge is 0.493 e. The summed E-state index contributed by atoms with van der Waals surface area (Å²) in [5.41, 5.74) is 1.86. The lowest BCUT2D eigenvalue weighted by Crippen LogP contribution is -2.40. The number of amides is 2. The first kappa shape index (κ1) is 16.3. The number of aliphatic hydroxyl groups is 1. The predicted molar refractivity (Wildman–Crippen MR) is 91.8 cm³/mol. The van der Waals surface area contributed by atoms with Crippen molar-refractivity contribution in [2.24, 2.45) is 0 Å². The van der Waals surface area contributed by atoms with Crippen LogP contribution in [0.3, 0.4) is 0 Å². The van der Waals surface area contributed by atoms with Gasteiger partial charge in [0.25, 0.3) is 0 Å². The molecule has 0 fully saturated rings. The molecule has 5 heteroatoms. The summed E-state index contributed by atoms with van der Waals surface area (Å²) in [7, 11) is 0. The molecule has 0 radical (unpaired) electrons. The van der Waals surface area contributed by atoms with Gasteiger partial charge in [-0.05, 0) is 18.1 Å². The number of hydrogen-bond donors (Lipinski definition) is 3. The van der Waals surface area contributed by atoms with Gasteiger partial charge in [0, 0.05) is 18.5 Å². The summed E-state index contributed by atoms with van der Waals surface area (Å²) in [4.78, 5) is 12.1. The maximum Gasteiger partial charge on any atom is 0.315 e. The van der Waals surface area contributed by atoms with Crippen molar-refractivity contribution < 1.29 is 14.6 Å². The van der Waals surface area contributed by atoms with E-state index in [4.69, 9.17) is 4.74 Å². The van der Waals surface area contributed by atoms with Crippen molar-refractivity contribution in [3.63, 3.8) is 0 Å². The van der Waals surface area contributed by atoms with Gasteiger partial charge in [0.15, 0.2) is 0 Å². The van der Waals surface area contributed by atoms with E-state index in [9.17, 15) is 9.90 Å². The lowest BCUT2D eigenvalue weighted by Gasteiger charge is -2.26. The van der Waals surface area contributed by atoms with Crippen LogP contribution in [0.5, 0.6) is 5.75 Å². The Hall–Kier alpha value is -2.53. The van der Waals surface area contributed by atoms with Crippen LogP contribution in [0.25, 0.3) is 0 Å². The number of ether oxygens (including phenoxy) is 1. The minimum absolute atomic E-state index is 0.0472. The molecule has 0 bridgehead atoms. The Kier molecular flexibility index (Phi) is 5.33. The van der Waals surface area contributed by atoms with Gasteiger partial charge in [-0.25, -0.2) is 4.79 Å². The summed E-state index contributed by atoms with van der Waals surface area (Å²) in [6, 6.07) is 16.9. The zero-order valence-electron chi connectivity index (χ0n) is 13.4. The van der Waals surface area contributed by atoms with E-state index in [1.807, 2.05) is 54.6 Å². The molecule has 1 heterocycles. The lowest BCUT2D eigenvalue weighted by atomic mass is 10.0. The Labute approximate surface area is 141 Å². The number of para-hydroxylation sites is 1. The van der Waals surface area contributed by atoms with Crippen molar-refractivity contribution in [1.29, 1.82) is 0 Å². The summed E-state index contributed by atoms with van der Waals surface area (Å²) in [5, 5.41) is 15.9. The quantitative estimate of drug-likeness (QED) is 0.791. The highest BCUT2D eigenvalue weighted by atomic mass is 16.5. The standard InChI is InChI=1S/C19H22N2O3/c22-17(14-6-2-1-3-7-14)10-12-20-19(23)21-16-11-13-24-18-9-5-4-8-15(16)18/h1-9,16-17,22H,10-13H2,(H2,20,21,23). The first-order chi connectivity index (χ1) is 11.7. The molecule has 1 aliphatic heterocycles. The zero-order chi connectivity index (χ0) is 16.8. The van der Waals surface area contributed by atoms with E-state index in [0.29, 0.717) is 19.6 Å². The molecule has 0 aliphatic carbocycles. The number of rotatable bonds is 5.